The van der Waals surface area contributed by atoms with Gasteiger partial charge in [0.1, 0.15) is 11.5 Å². The fraction of sp³-hybridized carbons (Fsp3) is 0.310. The van der Waals surface area contributed by atoms with Gasteiger partial charge in [-0.15, -0.1) is 0 Å². The van der Waals surface area contributed by atoms with Crippen LogP contribution in [0.5, 0.6) is 11.5 Å². The maximum atomic E-state index is 13.9. The molecule has 35 heavy (non-hydrogen) atoms. The van der Waals surface area contributed by atoms with Crippen molar-refractivity contribution in [3.63, 3.8) is 0 Å². The van der Waals surface area contributed by atoms with Crippen molar-refractivity contribution in [1.29, 1.82) is 0 Å². The molecule has 0 aromatic heterocycles. The Morgan fingerprint density at radius 1 is 0.914 bits per heavy atom. The first-order chi connectivity index (χ1) is 16.9. The Bertz CT molecular complexity index is 1170. The number of methoxy groups -OCH3 is 2. The number of anilines is 1. The van der Waals surface area contributed by atoms with E-state index in [2.05, 4.69) is 19.2 Å². The van der Waals surface area contributed by atoms with Crippen molar-refractivity contribution >= 4 is 17.5 Å². The highest BCUT2D eigenvalue weighted by Crippen LogP contribution is 2.45. The van der Waals surface area contributed by atoms with Crippen molar-refractivity contribution in [3.8, 4) is 11.5 Å². The molecule has 2 amide bonds. The second kappa shape index (κ2) is 10.6. The summed E-state index contributed by atoms with van der Waals surface area (Å²) in [6, 6.07) is 21.8. The minimum absolute atomic E-state index is 0.0927. The Morgan fingerprint density at radius 2 is 1.51 bits per heavy atom. The van der Waals surface area contributed by atoms with Gasteiger partial charge in [0.15, 0.2) is 0 Å². The van der Waals surface area contributed by atoms with Crippen LogP contribution in [0.2, 0.25) is 0 Å². The summed E-state index contributed by atoms with van der Waals surface area (Å²) in [7, 11) is 3.22. The molecule has 1 aliphatic rings. The third-order valence-corrected chi connectivity index (χ3v) is 6.45. The van der Waals surface area contributed by atoms with E-state index in [9.17, 15) is 9.59 Å². The molecule has 0 bridgehead atoms. The Labute approximate surface area is 206 Å². The Hall–Kier alpha value is -3.80. The van der Waals surface area contributed by atoms with Crippen LogP contribution in [0.25, 0.3) is 0 Å². The average molecular weight is 473 g/mol. The zero-order valence-corrected chi connectivity index (χ0v) is 20.7. The van der Waals surface area contributed by atoms with Crippen LogP contribution in [0.3, 0.4) is 0 Å². The lowest BCUT2D eigenvalue weighted by Gasteiger charge is -2.42. The number of hydrogen-bond acceptors (Lipinski definition) is 4. The molecule has 3 aromatic rings. The fourth-order valence-electron chi connectivity index (χ4n) is 4.58. The van der Waals surface area contributed by atoms with E-state index in [0.717, 1.165) is 17.5 Å². The predicted octanol–water partition coefficient (Wildman–Crippen LogP) is 5.35. The van der Waals surface area contributed by atoms with Crippen LogP contribution in [-0.2, 0) is 4.79 Å². The Kier molecular flexibility index (Phi) is 7.39. The number of benzene rings is 3. The molecule has 1 heterocycles. The summed E-state index contributed by atoms with van der Waals surface area (Å²) < 4.78 is 10.7. The number of hydrogen-bond donors (Lipinski definition) is 1. The molecule has 182 valence electrons. The maximum absolute atomic E-state index is 13.9. The molecular formula is C29H32N2O4. The molecule has 6 heteroatoms. The van der Waals surface area contributed by atoms with Gasteiger partial charge < -0.3 is 14.8 Å². The van der Waals surface area contributed by atoms with Gasteiger partial charge in [0, 0.05) is 17.8 Å². The van der Waals surface area contributed by atoms with Gasteiger partial charge in [0.2, 0.25) is 5.91 Å². The molecule has 0 unspecified atom stereocenters. The molecular weight excluding hydrogens is 440 g/mol. The van der Waals surface area contributed by atoms with Crippen molar-refractivity contribution in [2.45, 2.75) is 32.2 Å². The van der Waals surface area contributed by atoms with Crippen LogP contribution in [0.15, 0.2) is 72.8 Å². The lowest BCUT2D eigenvalue weighted by atomic mass is 9.78. The molecule has 1 aliphatic heterocycles. The highest BCUT2D eigenvalue weighted by molar-refractivity contribution is 6.11. The first-order valence-corrected chi connectivity index (χ1v) is 11.9. The van der Waals surface area contributed by atoms with E-state index < -0.39 is 12.0 Å². The van der Waals surface area contributed by atoms with Gasteiger partial charge in [0.05, 0.1) is 26.2 Å². The Balaban J connectivity index is 1.86. The van der Waals surface area contributed by atoms with Gasteiger partial charge in [-0.2, -0.15) is 0 Å². The first kappa shape index (κ1) is 24.3. The normalized spacial score (nSPS) is 17.2. The molecule has 1 N–H and O–H groups in total. The van der Waals surface area contributed by atoms with Crippen LogP contribution >= 0.6 is 0 Å². The minimum Gasteiger partial charge on any atom is -0.497 e. The van der Waals surface area contributed by atoms with Crippen molar-refractivity contribution in [1.82, 2.24) is 5.32 Å². The van der Waals surface area contributed by atoms with E-state index in [1.807, 2.05) is 66.7 Å². The van der Waals surface area contributed by atoms with E-state index in [1.165, 1.54) is 0 Å². The number of nitrogens with one attached hydrogen (secondary N) is 1. The lowest BCUT2D eigenvalue weighted by molar-refractivity contribution is -0.123. The maximum Gasteiger partial charge on any atom is 0.259 e. The zero-order chi connectivity index (χ0) is 24.9. The van der Waals surface area contributed by atoms with Crippen molar-refractivity contribution in [2.24, 2.45) is 5.92 Å². The van der Waals surface area contributed by atoms with Crippen LogP contribution in [0.4, 0.5) is 5.69 Å². The van der Waals surface area contributed by atoms with E-state index >= 15 is 0 Å². The molecule has 0 fully saturated rings. The topological polar surface area (TPSA) is 67.9 Å². The SMILES string of the molecule is COc1ccc([C@H]2[C@H](C(=O)NCCC(C)C)c3ccccc3C(=O)N2c2ccc(OC)cc2)cc1. The van der Waals surface area contributed by atoms with Crippen LogP contribution in [-0.4, -0.2) is 32.6 Å². The average Bonchev–Trinajstić information content (AvgIpc) is 2.88. The highest BCUT2D eigenvalue weighted by Gasteiger charge is 2.44. The molecule has 2 atom stereocenters. The van der Waals surface area contributed by atoms with E-state index in [1.54, 1.807) is 25.2 Å². The molecule has 0 saturated heterocycles. The quantitative estimate of drug-likeness (QED) is 0.480. The van der Waals surface area contributed by atoms with E-state index in [-0.39, 0.29) is 11.8 Å². The number of ether oxygens (including phenoxy) is 2. The lowest BCUT2D eigenvalue weighted by Crippen LogP contribution is -2.47. The minimum atomic E-state index is -0.577. The molecule has 0 radical (unpaired) electrons. The van der Waals surface area contributed by atoms with Gasteiger partial charge in [-0.05, 0) is 65.9 Å². The summed E-state index contributed by atoms with van der Waals surface area (Å²) in [5.41, 5.74) is 2.83. The fourth-order valence-corrected chi connectivity index (χ4v) is 4.58. The largest absolute Gasteiger partial charge is 0.497 e. The third kappa shape index (κ3) is 5.02. The van der Waals surface area contributed by atoms with Gasteiger partial charge in [-0.25, -0.2) is 0 Å². The molecule has 3 aromatic carbocycles. The van der Waals surface area contributed by atoms with Gasteiger partial charge in [-0.1, -0.05) is 44.2 Å². The number of amides is 2. The number of carbonyl (C=O) groups is 2. The smallest absolute Gasteiger partial charge is 0.259 e. The number of nitrogens with zero attached hydrogens (tertiary/aromatic N) is 1. The molecule has 0 aliphatic carbocycles. The summed E-state index contributed by atoms with van der Waals surface area (Å²) in [5, 5.41) is 3.13. The zero-order valence-electron chi connectivity index (χ0n) is 20.7. The summed E-state index contributed by atoms with van der Waals surface area (Å²) in [6.07, 6.45) is 0.883. The van der Waals surface area contributed by atoms with E-state index in [4.69, 9.17) is 9.47 Å². The van der Waals surface area contributed by atoms with Gasteiger partial charge >= 0.3 is 0 Å². The van der Waals surface area contributed by atoms with Crippen molar-refractivity contribution in [3.05, 3.63) is 89.5 Å². The van der Waals surface area contributed by atoms with E-state index in [0.29, 0.717) is 35.2 Å². The summed E-state index contributed by atoms with van der Waals surface area (Å²) >= 11 is 0. The second-order valence-electron chi connectivity index (χ2n) is 9.13. The number of rotatable bonds is 8. The predicted molar refractivity (Wildman–Crippen MR) is 137 cm³/mol. The monoisotopic (exact) mass is 472 g/mol. The summed E-state index contributed by atoms with van der Waals surface area (Å²) in [4.78, 5) is 29.4. The van der Waals surface area contributed by atoms with Gasteiger partial charge in [0.25, 0.3) is 5.91 Å². The molecule has 0 spiro atoms. The molecule has 6 nitrogen and oxygen atoms in total. The molecule has 0 saturated carbocycles. The number of carbonyl (C=O) groups excluding carboxylic acids is 2. The summed E-state index contributed by atoms with van der Waals surface area (Å²) in [6.45, 7) is 4.85. The van der Waals surface area contributed by atoms with Crippen molar-refractivity contribution < 1.29 is 19.1 Å². The number of fused-ring (bicyclic) bond motifs is 1. The highest BCUT2D eigenvalue weighted by atomic mass is 16.5. The van der Waals surface area contributed by atoms with Gasteiger partial charge in [-0.3, -0.25) is 14.5 Å². The second-order valence-corrected chi connectivity index (χ2v) is 9.13. The van der Waals surface area contributed by atoms with Crippen LogP contribution in [0.1, 0.15) is 53.7 Å². The van der Waals surface area contributed by atoms with Crippen LogP contribution < -0.4 is 19.7 Å². The van der Waals surface area contributed by atoms with Crippen LogP contribution in [0, 0.1) is 5.92 Å². The standard InChI is InChI=1S/C29H32N2O4/c1-19(2)17-18-30-28(32)26-24-7-5-6-8-25(24)29(33)31(21-11-15-23(35-4)16-12-21)27(26)20-9-13-22(34-3)14-10-20/h5-16,19,26-27H,17-18H2,1-4H3,(H,30,32)/t26-,27+/m1/s1. The van der Waals surface area contributed by atoms with Crippen molar-refractivity contribution in [2.75, 3.05) is 25.7 Å². The third-order valence-electron chi connectivity index (χ3n) is 6.45. The summed E-state index contributed by atoms with van der Waals surface area (Å²) in [5.74, 6) is 1.07. The Morgan fingerprint density at radius 3 is 2.11 bits per heavy atom. The first-order valence-electron chi connectivity index (χ1n) is 11.9. The molecule has 4 rings (SSSR count).